The first-order valence-electron chi connectivity index (χ1n) is 10.5. The van der Waals surface area contributed by atoms with Gasteiger partial charge in [0.05, 0.1) is 29.3 Å². The molecule has 0 radical (unpaired) electrons. The van der Waals surface area contributed by atoms with Crippen LogP contribution < -0.4 is 17.0 Å². The van der Waals surface area contributed by atoms with E-state index in [0.717, 1.165) is 55.5 Å². The number of hydrogen-bond donors (Lipinski definition) is 5. The molecule has 0 fully saturated rings. The fourth-order valence-corrected chi connectivity index (χ4v) is 3.94. The molecule has 0 saturated carbocycles. The van der Waals surface area contributed by atoms with E-state index >= 15 is 0 Å². The van der Waals surface area contributed by atoms with Crippen LogP contribution in [0, 0.1) is 5.41 Å². The monoisotopic (exact) mass is 422 g/mol. The molecule has 9 heteroatoms. The highest BCUT2D eigenvalue weighted by atomic mass is 16.1. The Hall–Kier alpha value is -3.30. The third-order valence-electron chi connectivity index (χ3n) is 5.32. The molecule has 2 aromatic heterocycles. The van der Waals surface area contributed by atoms with Crippen LogP contribution in [0.5, 0.6) is 0 Å². The van der Waals surface area contributed by atoms with Gasteiger partial charge in [0.25, 0.3) is 0 Å². The topological polar surface area (TPSA) is 150 Å². The number of hydrogen-bond acceptors (Lipinski definition) is 6. The number of nitrogens with zero attached hydrogens (tertiary/aromatic N) is 3. The lowest BCUT2D eigenvalue weighted by molar-refractivity contribution is -0.108. The molecule has 164 valence electrons. The summed E-state index contributed by atoms with van der Waals surface area (Å²) < 4.78 is 0. The lowest BCUT2D eigenvalue weighted by Crippen LogP contribution is -2.35. The number of aromatic amines is 1. The quantitative estimate of drug-likeness (QED) is 0.0977. The summed E-state index contributed by atoms with van der Waals surface area (Å²) in [5, 5.41) is 6.28. The number of imidazole rings is 1. The summed E-state index contributed by atoms with van der Waals surface area (Å²) >= 11 is 0. The van der Waals surface area contributed by atoms with E-state index in [1.165, 1.54) is 17.7 Å². The summed E-state index contributed by atoms with van der Waals surface area (Å²) in [6.45, 7) is 1.62. The number of aromatic nitrogens is 3. The molecule has 7 N–H and O–H groups in total. The first kappa shape index (κ1) is 22.4. The number of guanidine groups is 1. The van der Waals surface area contributed by atoms with E-state index in [2.05, 4.69) is 33.6 Å². The zero-order valence-electron chi connectivity index (χ0n) is 17.6. The first-order chi connectivity index (χ1) is 15.1. The van der Waals surface area contributed by atoms with Crippen molar-refractivity contribution in [1.82, 2.24) is 25.3 Å². The van der Waals surface area contributed by atoms with Gasteiger partial charge in [0.1, 0.15) is 12.1 Å². The third-order valence-corrected chi connectivity index (χ3v) is 5.32. The molecule has 1 aromatic carbocycles. The Morgan fingerprint density at radius 2 is 2.13 bits per heavy atom. The van der Waals surface area contributed by atoms with Crippen molar-refractivity contribution < 1.29 is 4.79 Å². The second-order valence-corrected chi connectivity index (χ2v) is 7.49. The predicted octanol–water partition coefficient (Wildman–Crippen LogP) is 2.16. The minimum Gasteiger partial charge on any atom is -0.369 e. The summed E-state index contributed by atoms with van der Waals surface area (Å²) in [5.41, 5.74) is 11.1. The largest absolute Gasteiger partial charge is 0.369 e. The molecule has 1 unspecified atom stereocenters. The smallest absolute Gasteiger partial charge is 0.200 e. The van der Waals surface area contributed by atoms with Crippen molar-refractivity contribution in [1.29, 1.82) is 5.41 Å². The summed E-state index contributed by atoms with van der Waals surface area (Å²) in [4.78, 5) is 26.1. The molecule has 0 saturated heterocycles. The minimum absolute atomic E-state index is 0.218. The number of pyridine rings is 1. The molecule has 1 aliphatic rings. The summed E-state index contributed by atoms with van der Waals surface area (Å²) in [6.07, 6.45) is 7.74. The Morgan fingerprint density at radius 3 is 2.87 bits per heavy atom. The van der Waals surface area contributed by atoms with Crippen molar-refractivity contribution in [3.05, 3.63) is 59.7 Å². The van der Waals surface area contributed by atoms with Crippen molar-refractivity contribution in [2.75, 3.05) is 6.54 Å². The van der Waals surface area contributed by atoms with Gasteiger partial charge in [-0.15, -0.1) is 0 Å². The summed E-state index contributed by atoms with van der Waals surface area (Å²) in [5.74, 6) is 5.33. The van der Waals surface area contributed by atoms with Gasteiger partial charge in [-0.2, -0.15) is 0 Å². The number of nitrogens with one attached hydrogen (secondary N) is 3. The number of aldehydes is 1. The Balaban J connectivity index is 0.000000491. The first-order valence-corrected chi connectivity index (χ1v) is 10.5. The van der Waals surface area contributed by atoms with Crippen LogP contribution in [0.1, 0.15) is 48.8 Å². The Kier molecular flexibility index (Phi) is 8.08. The maximum absolute atomic E-state index is 10.8. The Labute approximate surface area is 181 Å². The minimum atomic E-state index is -0.218. The van der Waals surface area contributed by atoms with E-state index < -0.39 is 0 Å². The normalized spacial score (nSPS) is 15.1. The number of aryl methyl sites for hydroxylation is 1. The van der Waals surface area contributed by atoms with Crippen LogP contribution in [0.3, 0.4) is 0 Å². The predicted molar refractivity (Wildman–Crippen MR) is 121 cm³/mol. The molecule has 31 heavy (non-hydrogen) atoms. The van der Waals surface area contributed by atoms with Crippen LogP contribution in [-0.4, -0.2) is 38.6 Å². The zero-order valence-corrected chi connectivity index (χ0v) is 17.6. The Morgan fingerprint density at radius 1 is 1.32 bits per heavy atom. The fraction of sp³-hybridized carbons (Fsp3) is 0.364. The lowest BCUT2D eigenvalue weighted by atomic mass is 9.90. The lowest BCUT2D eigenvalue weighted by Gasteiger charge is -2.34. The molecule has 1 atom stereocenters. The molecular formula is C22H30N8O. The molecule has 2 heterocycles. The van der Waals surface area contributed by atoms with E-state index in [0.29, 0.717) is 12.5 Å². The average Bonchev–Trinajstić information content (AvgIpc) is 3.21. The number of benzene rings is 1. The van der Waals surface area contributed by atoms with Crippen LogP contribution in [-0.2, 0) is 17.8 Å². The van der Waals surface area contributed by atoms with E-state index in [-0.39, 0.29) is 5.96 Å². The SMILES string of the molecule is N=C(N)NN.O=CCCCN(Cc1nc2ccccc2[nH]1)C1CCCc2cccnc21. The van der Waals surface area contributed by atoms with E-state index in [4.69, 9.17) is 15.4 Å². The second-order valence-electron chi connectivity index (χ2n) is 7.49. The maximum Gasteiger partial charge on any atom is 0.200 e. The maximum atomic E-state index is 10.8. The molecule has 1 aliphatic carbocycles. The standard InChI is InChI=1S/C21H24N4O.CH6N4/c26-14-4-3-13-25(15-20-23-17-9-1-2-10-18(17)24-20)19-11-5-7-16-8-6-12-22-21(16)19;2-1(3)5-4/h1-2,6,8-10,12,14,19H,3-5,7,11,13,15H2,(H,23,24);4H2,(H4,2,3,5). The van der Waals surface area contributed by atoms with Crippen molar-refractivity contribution in [2.45, 2.75) is 44.7 Å². The molecule has 4 rings (SSSR count). The number of H-pyrrole nitrogens is 1. The molecule has 9 nitrogen and oxygen atoms in total. The summed E-state index contributed by atoms with van der Waals surface area (Å²) in [7, 11) is 0. The van der Waals surface area contributed by atoms with Gasteiger partial charge in [0, 0.05) is 12.6 Å². The number of hydrazine groups is 1. The van der Waals surface area contributed by atoms with Gasteiger partial charge in [-0.25, -0.2) is 10.8 Å². The van der Waals surface area contributed by atoms with Gasteiger partial charge >= 0.3 is 0 Å². The molecule has 0 amide bonds. The van der Waals surface area contributed by atoms with Crippen molar-refractivity contribution in [2.24, 2.45) is 11.6 Å². The highest BCUT2D eigenvalue weighted by Gasteiger charge is 2.27. The number of rotatable bonds is 7. The average molecular weight is 423 g/mol. The van der Waals surface area contributed by atoms with Gasteiger partial charge in [-0.05, 0) is 56.0 Å². The number of fused-ring (bicyclic) bond motifs is 2. The Bertz CT molecular complexity index is 969. The van der Waals surface area contributed by atoms with Crippen molar-refractivity contribution in [3.8, 4) is 0 Å². The van der Waals surface area contributed by atoms with Gasteiger partial charge in [0.15, 0.2) is 5.96 Å². The number of unbranched alkanes of at least 4 members (excludes halogenated alkanes) is 1. The van der Waals surface area contributed by atoms with Gasteiger partial charge < -0.3 is 15.5 Å². The number of carbonyl (C=O) groups is 1. The molecule has 0 aliphatic heterocycles. The highest BCUT2D eigenvalue weighted by molar-refractivity contribution is 5.74. The van der Waals surface area contributed by atoms with Crippen LogP contribution in [0.2, 0.25) is 0 Å². The molecule has 0 spiro atoms. The zero-order chi connectivity index (χ0) is 22.1. The van der Waals surface area contributed by atoms with Crippen LogP contribution in [0.15, 0.2) is 42.6 Å². The van der Waals surface area contributed by atoms with E-state index in [1.807, 2.05) is 35.9 Å². The molecular weight excluding hydrogens is 392 g/mol. The van der Waals surface area contributed by atoms with Gasteiger partial charge in [0.2, 0.25) is 0 Å². The van der Waals surface area contributed by atoms with E-state index in [1.54, 1.807) is 0 Å². The van der Waals surface area contributed by atoms with E-state index in [9.17, 15) is 4.79 Å². The second kappa shape index (κ2) is 11.2. The van der Waals surface area contributed by atoms with Crippen LogP contribution in [0.25, 0.3) is 11.0 Å². The van der Waals surface area contributed by atoms with Crippen molar-refractivity contribution >= 4 is 23.3 Å². The van der Waals surface area contributed by atoms with Gasteiger partial charge in [-0.3, -0.25) is 20.7 Å². The number of nitrogens with two attached hydrogens (primary N) is 2. The third kappa shape index (κ3) is 6.09. The highest BCUT2D eigenvalue weighted by Crippen LogP contribution is 2.33. The van der Waals surface area contributed by atoms with Crippen molar-refractivity contribution in [3.63, 3.8) is 0 Å². The number of para-hydroxylation sites is 2. The fourth-order valence-electron chi connectivity index (χ4n) is 3.94. The summed E-state index contributed by atoms with van der Waals surface area (Å²) in [6, 6.07) is 12.6. The van der Waals surface area contributed by atoms with Crippen LogP contribution in [0.4, 0.5) is 0 Å². The molecule has 0 bridgehead atoms. The van der Waals surface area contributed by atoms with Gasteiger partial charge in [-0.1, -0.05) is 18.2 Å². The molecule has 3 aromatic rings. The van der Waals surface area contributed by atoms with Crippen LogP contribution >= 0.6 is 0 Å². The number of carbonyl (C=O) groups excluding carboxylic acids is 1.